The van der Waals surface area contributed by atoms with Crippen LogP contribution in [-0.4, -0.2) is 25.0 Å². The molecular formula is C9H18N2O2. The summed E-state index contributed by atoms with van der Waals surface area (Å²) in [7, 11) is 0. The monoisotopic (exact) mass is 186 g/mol. The van der Waals surface area contributed by atoms with Gasteiger partial charge in [-0.05, 0) is 13.8 Å². The molecule has 0 aromatic carbocycles. The first-order valence-corrected chi connectivity index (χ1v) is 4.61. The van der Waals surface area contributed by atoms with E-state index in [2.05, 4.69) is 10.2 Å². The van der Waals surface area contributed by atoms with Crippen LogP contribution in [0.3, 0.4) is 0 Å². The van der Waals surface area contributed by atoms with Crippen molar-refractivity contribution >= 4 is 11.8 Å². The Balaban J connectivity index is 4.09. The maximum Gasteiger partial charge on any atom is 0.208 e. The van der Waals surface area contributed by atoms with Gasteiger partial charge in [-0.1, -0.05) is 6.92 Å². The molecule has 0 saturated carbocycles. The van der Waals surface area contributed by atoms with E-state index in [1.807, 2.05) is 20.8 Å². The van der Waals surface area contributed by atoms with Crippen LogP contribution in [-0.2, 0) is 9.47 Å². The van der Waals surface area contributed by atoms with Crippen molar-refractivity contribution in [2.45, 2.75) is 34.1 Å². The van der Waals surface area contributed by atoms with Crippen molar-refractivity contribution in [3.05, 3.63) is 0 Å². The molecule has 76 valence electrons. The summed E-state index contributed by atoms with van der Waals surface area (Å²) in [6.07, 6.45) is 0.747. The largest absolute Gasteiger partial charge is 0.480 e. The highest BCUT2D eigenvalue weighted by Crippen LogP contribution is 1.91. The number of rotatable bonds is 4. The Bertz CT molecular complexity index is 188. The molecule has 0 aliphatic rings. The highest BCUT2D eigenvalue weighted by molar-refractivity contribution is 5.78. The molecule has 0 fully saturated rings. The number of hydrogen-bond donors (Lipinski definition) is 0. The second kappa shape index (κ2) is 7.58. The summed E-state index contributed by atoms with van der Waals surface area (Å²) < 4.78 is 10.3. The minimum absolute atomic E-state index is 0.563. The van der Waals surface area contributed by atoms with Crippen molar-refractivity contribution in [1.29, 1.82) is 0 Å². The standard InChI is InChI=1S/C9H18N2O2/c1-5-9(13-7-3)11-10-8(4)12-6-2/h5-7H2,1-4H3/b10-8+,11-9-. The fourth-order valence-electron chi connectivity index (χ4n) is 0.732. The summed E-state index contributed by atoms with van der Waals surface area (Å²) in [4.78, 5) is 0. The zero-order valence-electron chi connectivity index (χ0n) is 8.83. The van der Waals surface area contributed by atoms with Gasteiger partial charge >= 0.3 is 0 Å². The predicted molar refractivity (Wildman–Crippen MR) is 54.1 cm³/mol. The van der Waals surface area contributed by atoms with E-state index in [1.165, 1.54) is 0 Å². The van der Waals surface area contributed by atoms with Crippen LogP contribution in [0.4, 0.5) is 0 Å². The van der Waals surface area contributed by atoms with Gasteiger partial charge in [0, 0.05) is 13.3 Å². The van der Waals surface area contributed by atoms with Crippen LogP contribution in [0.25, 0.3) is 0 Å². The molecule has 0 rings (SSSR count). The van der Waals surface area contributed by atoms with E-state index in [0.29, 0.717) is 25.0 Å². The second-order valence-electron chi connectivity index (χ2n) is 2.33. The number of ether oxygens (including phenoxy) is 2. The normalized spacial score (nSPS) is 12.9. The fraction of sp³-hybridized carbons (Fsp3) is 0.778. The van der Waals surface area contributed by atoms with Gasteiger partial charge in [0.05, 0.1) is 13.2 Å². The fourth-order valence-corrected chi connectivity index (χ4v) is 0.732. The molecule has 0 aromatic rings. The molecule has 0 spiro atoms. The third kappa shape index (κ3) is 6.13. The quantitative estimate of drug-likeness (QED) is 0.384. The summed E-state index contributed by atoms with van der Waals surface area (Å²) in [5.74, 6) is 1.20. The summed E-state index contributed by atoms with van der Waals surface area (Å²) in [5, 5.41) is 7.77. The van der Waals surface area contributed by atoms with Gasteiger partial charge in [-0.2, -0.15) is 0 Å². The van der Waals surface area contributed by atoms with Crippen LogP contribution in [0.15, 0.2) is 10.2 Å². The molecule has 0 unspecified atom stereocenters. The van der Waals surface area contributed by atoms with Crippen LogP contribution in [0, 0.1) is 0 Å². The first-order valence-electron chi connectivity index (χ1n) is 4.61. The SMILES string of the molecule is CCO/C(CC)=N\N=C(/C)OCC. The topological polar surface area (TPSA) is 43.2 Å². The van der Waals surface area contributed by atoms with E-state index < -0.39 is 0 Å². The molecule has 4 heteroatoms. The Kier molecular flexibility index (Phi) is 6.96. The molecular weight excluding hydrogens is 168 g/mol. The van der Waals surface area contributed by atoms with E-state index in [1.54, 1.807) is 6.92 Å². The second-order valence-corrected chi connectivity index (χ2v) is 2.33. The van der Waals surface area contributed by atoms with Gasteiger partial charge in [-0.15, -0.1) is 10.2 Å². The zero-order valence-corrected chi connectivity index (χ0v) is 8.83. The molecule has 0 N–H and O–H groups in total. The van der Waals surface area contributed by atoms with Gasteiger partial charge in [0.25, 0.3) is 0 Å². The van der Waals surface area contributed by atoms with Gasteiger partial charge in [-0.25, -0.2) is 0 Å². The lowest BCUT2D eigenvalue weighted by Crippen LogP contribution is -2.03. The van der Waals surface area contributed by atoms with E-state index in [9.17, 15) is 0 Å². The van der Waals surface area contributed by atoms with E-state index >= 15 is 0 Å². The molecule has 0 aliphatic carbocycles. The minimum atomic E-state index is 0.563. The average Bonchev–Trinajstić information content (AvgIpc) is 2.12. The molecule has 0 heterocycles. The Hall–Kier alpha value is -1.06. The Morgan fingerprint density at radius 2 is 1.62 bits per heavy atom. The molecule has 4 nitrogen and oxygen atoms in total. The molecule has 0 aliphatic heterocycles. The third-order valence-electron chi connectivity index (χ3n) is 1.27. The lowest BCUT2D eigenvalue weighted by molar-refractivity contribution is 0.313. The van der Waals surface area contributed by atoms with Crippen LogP contribution in [0.1, 0.15) is 34.1 Å². The molecule has 0 radical (unpaired) electrons. The molecule has 0 saturated heterocycles. The van der Waals surface area contributed by atoms with Gasteiger partial charge in [0.1, 0.15) is 0 Å². The summed E-state index contributed by atoms with van der Waals surface area (Å²) in [5.41, 5.74) is 0. The van der Waals surface area contributed by atoms with Crippen LogP contribution >= 0.6 is 0 Å². The van der Waals surface area contributed by atoms with E-state index in [0.717, 1.165) is 6.42 Å². The maximum absolute atomic E-state index is 5.21. The minimum Gasteiger partial charge on any atom is -0.480 e. The van der Waals surface area contributed by atoms with E-state index in [-0.39, 0.29) is 0 Å². The molecule has 0 amide bonds. The lowest BCUT2D eigenvalue weighted by atomic mass is 10.5. The lowest BCUT2D eigenvalue weighted by Gasteiger charge is -2.02. The first kappa shape index (κ1) is 11.9. The number of nitrogens with zero attached hydrogens (tertiary/aromatic N) is 2. The van der Waals surface area contributed by atoms with Crippen molar-refractivity contribution in [1.82, 2.24) is 0 Å². The van der Waals surface area contributed by atoms with Crippen LogP contribution < -0.4 is 0 Å². The Morgan fingerprint density at radius 3 is 2.08 bits per heavy atom. The summed E-state index contributed by atoms with van der Waals surface area (Å²) in [6, 6.07) is 0. The van der Waals surface area contributed by atoms with Crippen LogP contribution in [0.5, 0.6) is 0 Å². The van der Waals surface area contributed by atoms with Gasteiger partial charge in [0.2, 0.25) is 11.8 Å². The van der Waals surface area contributed by atoms with Crippen molar-refractivity contribution in [2.24, 2.45) is 10.2 Å². The van der Waals surface area contributed by atoms with Gasteiger partial charge < -0.3 is 9.47 Å². The predicted octanol–water partition coefficient (Wildman–Crippen LogP) is 2.20. The first-order chi connectivity index (χ1) is 6.24. The van der Waals surface area contributed by atoms with Gasteiger partial charge in [-0.3, -0.25) is 0 Å². The Morgan fingerprint density at radius 1 is 1.00 bits per heavy atom. The van der Waals surface area contributed by atoms with Crippen molar-refractivity contribution in [2.75, 3.05) is 13.2 Å². The van der Waals surface area contributed by atoms with Crippen molar-refractivity contribution in [3.63, 3.8) is 0 Å². The molecule has 13 heavy (non-hydrogen) atoms. The van der Waals surface area contributed by atoms with Crippen molar-refractivity contribution in [3.8, 4) is 0 Å². The zero-order chi connectivity index (χ0) is 10.1. The average molecular weight is 186 g/mol. The summed E-state index contributed by atoms with van der Waals surface area (Å²) in [6.45, 7) is 8.80. The summed E-state index contributed by atoms with van der Waals surface area (Å²) >= 11 is 0. The molecule has 0 bridgehead atoms. The maximum atomic E-state index is 5.21. The van der Waals surface area contributed by atoms with Crippen LogP contribution in [0.2, 0.25) is 0 Å². The smallest absolute Gasteiger partial charge is 0.208 e. The molecule has 0 atom stereocenters. The molecule has 0 aromatic heterocycles. The van der Waals surface area contributed by atoms with Gasteiger partial charge in [0.15, 0.2) is 0 Å². The third-order valence-corrected chi connectivity index (χ3v) is 1.27. The highest BCUT2D eigenvalue weighted by atomic mass is 16.5. The Labute approximate surface area is 79.6 Å². The van der Waals surface area contributed by atoms with Crippen molar-refractivity contribution < 1.29 is 9.47 Å². The number of hydrogen-bond acceptors (Lipinski definition) is 4. The highest BCUT2D eigenvalue weighted by Gasteiger charge is 1.94. The van der Waals surface area contributed by atoms with E-state index in [4.69, 9.17) is 9.47 Å².